The summed E-state index contributed by atoms with van der Waals surface area (Å²) in [5, 5.41) is 12.8. The quantitative estimate of drug-likeness (QED) is 0.326. The fraction of sp³-hybridized carbons (Fsp3) is 0.562. The Kier molecular flexibility index (Phi) is 11.5. The van der Waals surface area contributed by atoms with Crippen molar-refractivity contribution in [2.24, 2.45) is 0 Å². The topological polar surface area (TPSA) is 113 Å². The maximum Gasteiger partial charge on any atom is 0.326 e. The first-order valence-corrected chi connectivity index (χ1v) is 18.2. The molecule has 1 heterocycles. The van der Waals surface area contributed by atoms with Crippen molar-refractivity contribution >= 4 is 33.5 Å². The van der Waals surface area contributed by atoms with Crippen LogP contribution in [0.3, 0.4) is 0 Å². The summed E-state index contributed by atoms with van der Waals surface area (Å²) >= 11 is 1.90. The standard InChI is InChI=1S/C32H44N2O6S2/c1-22-9-7-8-12-27(22)29-17-23(13-14-28(29)31(35)33-30(32(36)37)15-16-42(3,38)39)19-34-20-26(41-2)18-24(34)21-40-25-10-5-4-6-11-25/h7-9,12-14,17,24-26,30H,4-6,10-11,15-16,18-21H2,1-3H3,(H,33,35)(H,36,37)/t24-,26?,30-/m0/s1. The summed E-state index contributed by atoms with van der Waals surface area (Å²) < 4.78 is 29.7. The molecule has 2 aromatic carbocycles. The summed E-state index contributed by atoms with van der Waals surface area (Å²) in [4.78, 5) is 27.8. The summed E-state index contributed by atoms with van der Waals surface area (Å²) in [6, 6.07) is 12.6. The zero-order chi connectivity index (χ0) is 30.3. The third-order valence-corrected chi connectivity index (χ3v) is 10.4. The number of carbonyl (C=O) groups excluding carboxylic acids is 1. The van der Waals surface area contributed by atoms with Crippen molar-refractivity contribution in [3.63, 3.8) is 0 Å². The van der Waals surface area contributed by atoms with E-state index in [9.17, 15) is 23.1 Å². The van der Waals surface area contributed by atoms with Crippen molar-refractivity contribution in [1.29, 1.82) is 0 Å². The van der Waals surface area contributed by atoms with E-state index in [1.54, 1.807) is 6.07 Å². The zero-order valence-electron chi connectivity index (χ0n) is 24.9. The summed E-state index contributed by atoms with van der Waals surface area (Å²) in [6.07, 6.45) is 10.6. The number of hydrogen-bond acceptors (Lipinski definition) is 7. The highest BCUT2D eigenvalue weighted by molar-refractivity contribution is 7.99. The second kappa shape index (κ2) is 14.9. The third kappa shape index (κ3) is 9.05. The van der Waals surface area contributed by atoms with Gasteiger partial charge in [-0.25, -0.2) is 13.2 Å². The maximum absolute atomic E-state index is 13.5. The molecule has 1 unspecified atom stereocenters. The molecule has 1 aliphatic heterocycles. The van der Waals surface area contributed by atoms with Crippen LogP contribution in [-0.4, -0.2) is 85.2 Å². The highest BCUT2D eigenvalue weighted by atomic mass is 32.2. The SMILES string of the molecule is CSC1C[C@@H](COC2CCCCC2)N(Cc2ccc(C(=O)N[C@@H](CCS(C)(=O)=O)C(=O)O)c(-c3ccccc3C)c2)C1. The van der Waals surface area contributed by atoms with Gasteiger partial charge in [-0.3, -0.25) is 9.69 Å². The molecule has 4 rings (SSSR count). The van der Waals surface area contributed by atoms with Gasteiger partial charge in [-0.2, -0.15) is 11.8 Å². The predicted octanol–water partition coefficient (Wildman–Crippen LogP) is 4.93. The van der Waals surface area contributed by atoms with Crippen LogP contribution in [0, 0.1) is 6.92 Å². The molecule has 1 saturated carbocycles. The average molecular weight is 617 g/mol. The number of aliphatic carboxylic acids is 1. The van der Waals surface area contributed by atoms with E-state index < -0.39 is 27.8 Å². The number of thioether (sulfide) groups is 1. The molecule has 1 saturated heterocycles. The molecule has 230 valence electrons. The van der Waals surface area contributed by atoms with Crippen LogP contribution >= 0.6 is 11.8 Å². The van der Waals surface area contributed by atoms with Gasteiger partial charge in [0.2, 0.25) is 0 Å². The van der Waals surface area contributed by atoms with E-state index in [1.807, 2.05) is 55.1 Å². The van der Waals surface area contributed by atoms with E-state index in [0.29, 0.717) is 23.0 Å². The fourth-order valence-corrected chi connectivity index (χ4v) is 7.42. The molecule has 2 aliphatic rings. The predicted molar refractivity (Wildman–Crippen MR) is 169 cm³/mol. The second-order valence-electron chi connectivity index (χ2n) is 11.7. The van der Waals surface area contributed by atoms with Crippen molar-refractivity contribution in [3.8, 4) is 11.1 Å². The van der Waals surface area contributed by atoms with E-state index in [0.717, 1.165) is 67.5 Å². The number of nitrogens with zero attached hydrogens (tertiary/aromatic N) is 1. The van der Waals surface area contributed by atoms with Crippen LogP contribution in [0.5, 0.6) is 0 Å². The van der Waals surface area contributed by atoms with E-state index in [-0.39, 0.29) is 12.2 Å². The number of carboxylic acid groups (broad SMARTS) is 1. The summed E-state index contributed by atoms with van der Waals surface area (Å²) in [5.74, 6) is -2.13. The average Bonchev–Trinajstić information content (AvgIpc) is 3.35. The molecule has 10 heteroatoms. The van der Waals surface area contributed by atoms with Gasteiger partial charge in [-0.1, -0.05) is 49.6 Å². The van der Waals surface area contributed by atoms with Crippen molar-refractivity contribution in [2.75, 3.05) is 31.4 Å². The van der Waals surface area contributed by atoms with Gasteiger partial charge in [0, 0.05) is 36.2 Å². The number of sulfone groups is 1. The van der Waals surface area contributed by atoms with Gasteiger partial charge in [-0.15, -0.1) is 0 Å². The Hall–Kier alpha value is -2.40. The van der Waals surface area contributed by atoms with Gasteiger partial charge in [0.05, 0.1) is 18.5 Å². The molecule has 0 bridgehead atoms. The monoisotopic (exact) mass is 616 g/mol. The number of ether oxygens (including phenoxy) is 1. The molecule has 2 aromatic rings. The van der Waals surface area contributed by atoms with Crippen LogP contribution < -0.4 is 5.32 Å². The smallest absolute Gasteiger partial charge is 0.326 e. The van der Waals surface area contributed by atoms with Crippen molar-refractivity contribution in [3.05, 3.63) is 59.2 Å². The number of likely N-dealkylation sites (tertiary alicyclic amines) is 1. The lowest BCUT2D eigenvalue weighted by Gasteiger charge is -2.28. The Morgan fingerprint density at radius 1 is 1.12 bits per heavy atom. The molecule has 42 heavy (non-hydrogen) atoms. The number of rotatable bonds is 13. The van der Waals surface area contributed by atoms with Crippen LogP contribution in [0.2, 0.25) is 0 Å². The molecule has 1 amide bonds. The van der Waals surface area contributed by atoms with Gasteiger partial charge in [0.25, 0.3) is 5.91 Å². The number of nitrogens with one attached hydrogen (secondary N) is 1. The first-order valence-electron chi connectivity index (χ1n) is 14.8. The summed E-state index contributed by atoms with van der Waals surface area (Å²) in [5.41, 5.74) is 4.05. The minimum absolute atomic E-state index is 0.201. The van der Waals surface area contributed by atoms with Gasteiger partial charge >= 0.3 is 5.97 Å². The molecule has 8 nitrogen and oxygen atoms in total. The van der Waals surface area contributed by atoms with E-state index in [4.69, 9.17) is 4.74 Å². The Balaban J connectivity index is 1.57. The highest BCUT2D eigenvalue weighted by Crippen LogP contribution is 2.32. The van der Waals surface area contributed by atoms with Crippen LogP contribution in [-0.2, 0) is 25.9 Å². The van der Waals surface area contributed by atoms with Crippen molar-refractivity contribution < 1.29 is 27.9 Å². The largest absolute Gasteiger partial charge is 0.480 e. The van der Waals surface area contributed by atoms with E-state index in [1.165, 1.54) is 19.3 Å². The molecule has 2 fully saturated rings. The van der Waals surface area contributed by atoms with Gasteiger partial charge in [0.1, 0.15) is 15.9 Å². The molecule has 2 N–H and O–H groups in total. The fourth-order valence-electron chi connectivity index (χ4n) is 6.00. The Morgan fingerprint density at radius 2 is 1.86 bits per heavy atom. The number of carbonyl (C=O) groups is 2. The number of aryl methyl sites for hydroxylation is 1. The minimum atomic E-state index is -3.38. The highest BCUT2D eigenvalue weighted by Gasteiger charge is 2.33. The molecule has 1 aliphatic carbocycles. The molecule has 3 atom stereocenters. The number of amides is 1. The normalized spacial score (nSPS) is 20.8. The lowest BCUT2D eigenvalue weighted by atomic mass is 9.93. The summed E-state index contributed by atoms with van der Waals surface area (Å²) in [6.45, 7) is 4.42. The van der Waals surface area contributed by atoms with Crippen LogP contribution in [0.25, 0.3) is 11.1 Å². The summed E-state index contributed by atoms with van der Waals surface area (Å²) in [7, 11) is -3.38. The second-order valence-corrected chi connectivity index (χ2v) is 15.1. The Labute approximate surface area is 254 Å². The molecule has 0 radical (unpaired) electrons. The number of hydrogen-bond donors (Lipinski definition) is 2. The lowest BCUT2D eigenvalue weighted by Crippen LogP contribution is -2.42. The van der Waals surface area contributed by atoms with Crippen molar-refractivity contribution in [1.82, 2.24) is 10.2 Å². The van der Waals surface area contributed by atoms with E-state index in [2.05, 4.69) is 16.5 Å². The zero-order valence-corrected chi connectivity index (χ0v) is 26.5. The minimum Gasteiger partial charge on any atom is -0.480 e. The first-order chi connectivity index (χ1) is 20.0. The molecule has 0 aromatic heterocycles. The lowest BCUT2D eigenvalue weighted by molar-refractivity contribution is -0.139. The Morgan fingerprint density at radius 3 is 2.52 bits per heavy atom. The number of carboxylic acids is 1. The third-order valence-electron chi connectivity index (χ3n) is 8.43. The van der Waals surface area contributed by atoms with Gasteiger partial charge < -0.3 is 15.2 Å². The van der Waals surface area contributed by atoms with Gasteiger partial charge in [0.15, 0.2) is 0 Å². The first kappa shape index (κ1) is 32.5. The Bertz CT molecular complexity index is 1340. The van der Waals surface area contributed by atoms with Crippen LogP contribution in [0.15, 0.2) is 42.5 Å². The van der Waals surface area contributed by atoms with Crippen molar-refractivity contribution in [2.45, 2.75) is 81.9 Å². The molecule has 0 spiro atoms. The molecular formula is C32H44N2O6S2. The maximum atomic E-state index is 13.5. The van der Waals surface area contributed by atoms with E-state index >= 15 is 0 Å². The molecular weight excluding hydrogens is 572 g/mol. The van der Waals surface area contributed by atoms with Crippen LogP contribution in [0.1, 0.15) is 66.4 Å². The number of benzene rings is 2. The van der Waals surface area contributed by atoms with Gasteiger partial charge in [-0.05, 0) is 73.2 Å². The van der Waals surface area contributed by atoms with Crippen LogP contribution in [0.4, 0.5) is 0 Å².